The van der Waals surface area contributed by atoms with Crippen molar-refractivity contribution < 1.29 is 18.7 Å². The molecule has 0 spiro atoms. The largest absolute Gasteiger partial charge is 0.497 e. The summed E-state index contributed by atoms with van der Waals surface area (Å²) < 4.78 is 24.3. The third-order valence-corrected chi connectivity index (χ3v) is 3.65. The minimum Gasteiger partial charge on any atom is -0.497 e. The van der Waals surface area contributed by atoms with Crippen LogP contribution in [-0.2, 0) is 11.3 Å². The van der Waals surface area contributed by atoms with Gasteiger partial charge >= 0.3 is 0 Å². The van der Waals surface area contributed by atoms with Crippen LogP contribution < -0.4 is 9.47 Å². The minimum atomic E-state index is -0.292. The summed E-state index contributed by atoms with van der Waals surface area (Å²) in [4.78, 5) is 13.6. The number of hydrogen-bond acceptors (Lipinski definition) is 3. The number of methoxy groups -OCH3 is 1. The summed E-state index contributed by atoms with van der Waals surface area (Å²) in [6.45, 7) is 0.719. The number of carbonyl (C=O) groups is 1. The van der Waals surface area contributed by atoms with Crippen molar-refractivity contribution in [3.05, 3.63) is 59.9 Å². The molecule has 0 aliphatic rings. The van der Waals surface area contributed by atoms with Gasteiger partial charge in [-0.15, -0.1) is 0 Å². The summed E-state index contributed by atoms with van der Waals surface area (Å²) in [5.74, 6) is 1.19. The molecule has 0 heterocycles. The van der Waals surface area contributed by atoms with Crippen LogP contribution in [0.2, 0.25) is 0 Å². The van der Waals surface area contributed by atoms with Crippen LogP contribution in [0.1, 0.15) is 18.4 Å². The van der Waals surface area contributed by atoms with Gasteiger partial charge in [0.05, 0.1) is 13.7 Å². The Hall–Kier alpha value is -2.56. The van der Waals surface area contributed by atoms with Crippen LogP contribution in [0.4, 0.5) is 4.39 Å². The summed E-state index contributed by atoms with van der Waals surface area (Å²) in [5, 5.41) is 0. The van der Waals surface area contributed by atoms with Gasteiger partial charge in [0.15, 0.2) is 0 Å². The first-order chi connectivity index (χ1) is 11.6. The minimum absolute atomic E-state index is 0.0309. The van der Waals surface area contributed by atoms with E-state index in [9.17, 15) is 9.18 Å². The smallest absolute Gasteiger partial charge is 0.222 e. The Bertz CT molecular complexity index is 658. The third kappa shape index (κ3) is 5.26. The number of amides is 1. The van der Waals surface area contributed by atoms with Crippen LogP contribution >= 0.6 is 0 Å². The van der Waals surface area contributed by atoms with E-state index in [-0.39, 0.29) is 18.3 Å². The van der Waals surface area contributed by atoms with E-state index >= 15 is 0 Å². The van der Waals surface area contributed by atoms with E-state index < -0.39 is 0 Å². The molecule has 2 aromatic carbocycles. The van der Waals surface area contributed by atoms with Gasteiger partial charge in [-0.2, -0.15) is 0 Å². The second-order valence-electron chi connectivity index (χ2n) is 5.47. The molecule has 0 bridgehead atoms. The van der Waals surface area contributed by atoms with Crippen molar-refractivity contribution in [2.45, 2.75) is 19.4 Å². The van der Waals surface area contributed by atoms with Gasteiger partial charge in [-0.3, -0.25) is 4.79 Å². The third-order valence-electron chi connectivity index (χ3n) is 3.65. The van der Waals surface area contributed by atoms with Crippen molar-refractivity contribution in [1.82, 2.24) is 4.90 Å². The fourth-order valence-electron chi connectivity index (χ4n) is 2.25. The molecule has 128 valence electrons. The SMILES string of the molecule is COc1ccc(OCCCC(=O)N(C)Cc2ccccc2F)cc1. The van der Waals surface area contributed by atoms with Crippen molar-refractivity contribution >= 4 is 5.91 Å². The second kappa shape index (κ2) is 8.91. The standard InChI is InChI=1S/C19H22FNO3/c1-21(14-15-6-3-4-7-18(15)20)19(22)8-5-13-24-17-11-9-16(23-2)10-12-17/h3-4,6-7,9-12H,5,8,13-14H2,1-2H3. The molecular formula is C19H22FNO3. The molecule has 4 nitrogen and oxygen atoms in total. The lowest BCUT2D eigenvalue weighted by molar-refractivity contribution is -0.130. The van der Waals surface area contributed by atoms with Crippen molar-refractivity contribution in [2.24, 2.45) is 0 Å². The number of halogens is 1. The molecule has 0 aromatic heterocycles. The Labute approximate surface area is 141 Å². The number of carbonyl (C=O) groups excluding carboxylic acids is 1. The normalized spacial score (nSPS) is 10.3. The maximum absolute atomic E-state index is 13.6. The van der Waals surface area contributed by atoms with Gasteiger partial charge in [0.1, 0.15) is 17.3 Å². The molecule has 1 amide bonds. The molecule has 0 aliphatic carbocycles. The summed E-state index contributed by atoms with van der Waals surface area (Å²) >= 11 is 0. The highest BCUT2D eigenvalue weighted by Crippen LogP contribution is 2.17. The molecule has 0 aliphatic heterocycles. The van der Waals surface area contributed by atoms with Gasteiger partial charge in [-0.1, -0.05) is 18.2 Å². The van der Waals surface area contributed by atoms with Crippen molar-refractivity contribution in [2.75, 3.05) is 20.8 Å². The van der Waals surface area contributed by atoms with Gasteiger partial charge in [0.25, 0.3) is 0 Å². The van der Waals surface area contributed by atoms with Crippen LogP contribution in [0.5, 0.6) is 11.5 Å². The topological polar surface area (TPSA) is 38.8 Å². The van der Waals surface area contributed by atoms with Crippen LogP contribution in [-0.4, -0.2) is 31.6 Å². The lowest BCUT2D eigenvalue weighted by Gasteiger charge is -2.17. The zero-order valence-electron chi connectivity index (χ0n) is 14.0. The first kappa shape index (κ1) is 17.8. The summed E-state index contributed by atoms with van der Waals surface area (Å²) in [6.07, 6.45) is 0.966. The maximum Gasteiger partial charge on any atom is 0.222 e. The van der Waals surface area contributed by atoms with E-state index in [2.05, 4.69) is 0 Å². The lowest BCUT2D eigenvalue weighted by Crippen LogP contribution is -2.26. The Morgan fingerprint density at radius 3 is 2.42 bits per heavy atom. The van der Waals surface area contributed by atoms with Crippen LogP contribution in [0.25, 0.3) is 0 Å². The Morgan fingerprint density at radius 2 is 1.75 bits per heavy atom. The molecule has 0 atom stereocenters. The van der Waals surface area contributed by atoms with E-state index in [1.165, 1.54) is 11.0 Å². The fourth-order valence-corrected chi connectivity index (χ4v) is 2.25. The van der Waals surface area contributed by atoms with E-state index in [0.717, 1.165) is 11.5 Å². The highest BCUT2D eigenvalue weighted by Gasteiger charge is 2.11. The van der Waals surface area contributed by atoms with Crippen molar-refractivity contribution in [1.29, 1.82) is 0 Å². The molecule has 0 N–H and O–H groups in total. The predicted octanol–water partition coefficient (Wildman–Crippen LogP) is 3.65. The van der Waals surface area contributed by atoms with Crippen LogP contribution in [0, 0.1) is 5.82 Å². The average molecular weight is 331 g/mol. The van der Waals surface area contributed by atoms with Gasteiger partial charge in [-0.25, -0.2) is 4.39 Å². The molecule has 2 rings (SSSR count). The molecule has 0 saturated heterocycles. The number of rotatable bonds is 8. The highest BCUT2D eigenvalue weighted by molar-refractivity contribution is 5.75. The summed E-state index contributed by atoms with van der Waals surface area (Å²) in [5.41, 5.74) is 0.517. The summed E-state index contributed by atoms with van der Waals surface area (Å²) in [6, 6.07) is 13.8. The van der Waals surface area contributed by atoms with E-state index in [1.807, 2.05) is 24.3 Å². The van der Waals surface area contributed by atoms with Gasteiger partial charge in [-0.05, 0) is 36.8 Å². The number of hydrogen-bond donors (Lipinski definition) is 0. The van der Waals surface area contributed by atoms with Crippen LogP contribution in [0.3, 0.4) is 0 Å². The quantitative estimate of drug-likeness (QED) is 0.693. The highest BCUT2D eigenvalue weighted by atomic mass is 19.1. The number of nitrogens with zero attached hydrogens (tertiary/aromatic N) is 1. The maximum atomic E-state index is 13.6. The molecule has 0 unspecified atom stereocenters. The first-order valence-electron chi connectivity index (χ1n) is 7.84. The number of benzene rings is 2. The van der Waals surface area contributed by atoms with E-state index in [0.29, 0.717) is 25.0 Å². The molecule has 0 radical (unpaired) electrons. The van der Waals surface area contributed by atoms with Gasteiger partial charge < -0.3 is 14.4 Å². The second-order valence-corrected chi connectivity index (χ2v) is 5.47. The van der Waals surface area contributed by atoms with Gasteiger partial charge in [0, 0.05) is 25.6 Å². The molecular weight excluding hydrogens is 309 g/mol. The van der Waals surface area contributed by atoms with E-state index in [4.69, 9.17) is 9.47 Å². The fraction of sp³-hybridized carbons (Fsp3) is 0.316. The molecule has 0 saturated carbocycles. The Kier molecular flexibility index (Phi) is 6.61. The average Bonchev–Trinajstić information content (AvgIpc) is 2.61. The zero-order valence-corrected chi connectivity index (χ0v) is 14.0. The molecule has 5 heteroatoms. The van der Waals surface area contributed by atoms with Crippen molar-refractivity contribution in [3.8, 4) is 11.5 Å². The Morgan fingerprint density at radius 1 is 1.08 bits per heavy atom. The molecule has 0 fully saturated rings. The van der Waals surface area contributed by atoms with Crippen LogP contribution in [0.15, 0.2) is 48.5 Å². The lowest BCUT2D eigenvalue weighted by atomic mass is 10.2. The van der Waals surface area contributed by atoms with E-state index in [1.54, 1.807) is 32.4 Å². The predicted molar refractivity (Wildman–Crippen MR) is 90.6 cm³/mol. The monoisotopic (exact) mass is 331 g/mol. The van der Waals surface area contributed by atoms with Gasteiger partial charge in [0.2, 0.25) is 5.91 Å². The number of ether oxygens (including phenoxy) is 2. The van der Waals surface area contributed by atoms with Crippen molar-refractivity contribution in [3.63, 3.8) is 0 Å². The molecule has 2 aromatic rings. The summed E-state index contributed by atoms with van der Waals surface area (Å²) in [7, 11) is 3.29. The Balaban J connectivity index is 1.71. The molecule has 24 heavy (non-hydrogen) atoms. The zero-order chi connectivity index (χ0) is 17.4. The first-order valence-corrected chi connectivity index (χ1v) is 7.84.